The lowest BCUT2D eigenvalue weighted by Crippen LogP contribution is -2.21. The molecule has 2 N–H and O–H groups in total. The van der Waals surface area contributed by atoms with Crippen LogP contribution >= 0.6 is 0 Å². The Labute approximate surface area is 85.0 Å². The van der Waals surface area contributed by atoms with Crippen molar-refractivity contribution in [3.63, 3.8) is 0 Å². The summed E-state index contributed by atoms with van der Waals surface area (Å²) >= 11 is 0. The first-order chi connectivity index (χ1) is 7.00. The summed E-state index contributed by atoms with van der Waals surface area (Å²) in [5.74, 6) is -1.36. The van der Waals surface area contributed by atoms with Crippen LogP contribution < -0.4 is 0 Å². The van der Waals surface area contributed by atoms with E-state index in [2.05, 4.69) is 0 Å². The second-order valence-electron chi connectivity index (χ2n) is 3.10. The molecule has 1 aromatic rings. The van der Waals surface area contributed by atoms with Crippen molar-refractivity contribution in [2.24, 2.45) is 0 Å². The lowest BCUT2D eigenvalue weighted by Gasteiger charge is -2.07. The maximum absolute atomic E-state index is 12.3. The van der Waals surface area contributed by atoms with E-state index >= 15 is 0 Å². The van der Waals surface area contributed by atoms with E-state index in [4.69, 9.17) is 10.2 Å². The van der Waals surface area contributed by atoms with Crippen molar-refractivity contribution in [2.45, 2.75) is 19.0 Å². The van der Waals surface area contributed by atoms with Crippen molar-refractivity contribution in [3.8, 4) is 0 Å². The van der Waals surface area contributed by atoms with Gasteiger partial charge in [0.25, 0.3) is 6.43 Å². The first-order valence-electron chi connectivity index (χ1n) is 4.28. The number of hydrogen-bond acceptors (Lipinski definition) is 2. The Balaban J connectivity index is 2.78. The highest BCUT2D eigenvalue weighted by atomic mass is 19.3. The number of halogens is 2. The molecule has 0 aliphatic carbocycles. The van der Waals surface area contributed by atoms with Crippen molar-refractivity contribution in [1.29, 1.82) is 0 Å². The molecule has 3 nitrogen and oxygen atoms in total. The van der Waals surface area contributed by atoms with Crippen LogP contribution in [0.3, 0.4) is 0 Å². The van der Waals surface area contributed by atoms with Gasteiger partial charge in [-0.2, -0.15) is 0 Å². The van der Waals surface area contributed by atoms with Gasteiger partial charge in [0.2, 0.25) is 0 Å². The molecule has 0 aliphatic rings. The van der Waals surface area contributed by atoms with E-state index < -0.39 is 18.5 Å². The molecule has 1 unspecified atom stereocenters. The minimum absolute atomic E-state index is 0.171. The highest BCUT2D eigenvalue weighted by Gasteiger charge is 2.15. The molecular weight excluding hydrogens is 206 g/mol. The summed E-state index contributed by atoms with van der Waals surface area (Å²) in [6.07, 6.45) is -4.32. The average Bonchev–Trinajstić information content (AvgIpc) is 2.18. The summed E-state index contributed by atoms with van der Waals surface area (Å²) < 4.78 is 24.5. The van der Waals surface area contributed by atoms with Crippen molar-refractivity contribution >= 4 is 5.97 Å². The number of rotatable bonds is 4. The smallest absolute Gasteiger partial charge is 0.332 e. The number of aliphatic carboxylic acids is 1. The maximum atomic E-state index is 12.3. The Kier molecular flexibility index (Phi) is 3.74. The van der Waals surface area contributed by atoms with E-state index in [1.54, 1.807) is 0 Å². The summed E-state index contributed by atoms with van der Waals surface area (Å²) in [4.78, 5) is 10.3. The Hall–Kier alpha value is -1.49. The molecule has 0 saturated heterocycles. The zero-order chi connectivity index (χ0) is 11.4. The lowest BCUT2D eigenvalue weighted by molar-refractivity contribution is -0.146. The summed E-state index contributed by atoms with van der Waals surface area (Å²) in [5, 5.41) is 17.4. The third-order valence-electron chi connectivity index (χ3n) is 1.92. The molecule has 82 valence electrons. The second kappa shape index (κ2) is 4.84. The number of carbonyl (C=O) groups is 1. The molecule has 0 spiro atoms. The van der Waals surface area contributed by atoms with Crippen molar-refractivity contribution in [1.82, 2.24) is 0 Å². The predicted molar refractivity (Wildman–Crippen MR) is 48.7 cm³/mol. The first kappa shape index (κ1) is 11.6. The van der Waals surface area contributed by atoms with Crippen LogP contribution in [-0.2, 0) is 11.2 Å². The van der Waals surface area contributed by atoms with Gasteiger partial charge in [-0.15, -0.1) is 0 Å². The van der Waals surface area contributed by atoms with Gasteiger partial charge in [-0.3, -0.25) is 0 Å². The van der Waals surface area contributed by atoms with Gasteiger partial charge in [-0.05, 0) is 5.56 Å². The molecule has 1 rings (SSSR count). The Morgan fingerprint density at radius 2 is 2.07 bits per heavy atom. The molecule has 1 aromatic carbocycles. The molecular formula is C10H10F2O3. The second-order valence-corrected chi connectivity index (χ2v) is 3.10. The van der Waals surface area contributed by atoms with Gasteiger partial charge < -0.3 is 10.2 Å². The highest BCUT2D eigenvalue weighted by Crippen LogP contribution is 2.19. The van der Waals surface area contributed by atoms with Gasteiger partial charge in [0.05, 0.1) is 0 Å². The third-order valence-corrected chi connectivity index (χ3v) is 1.92. The molecule has 15 heavy (non-hydrogen) atoms. The summed E-state index contributed by atoms with van der Waals surface area (Å²) in [6, 6.07) is 5.35. The molecule has 5 heteroatoms. The Bertz CT molecular complexity index is 352. The van der Waals surface area contributed by atoms with E-state index in [0.29, 0.717) is 5.56 Å². The van der Waals surface area contributed by atoms with E-state index in [9.17, 15) is 13.6 Å². The molecule has 0 aliphatic heterocycles. The number of alkyl halides is 2. The largest absolute Gasteiger partial charge is 0.479 e. The van der Waals surface area contributed by atoms with Gasteiger partial charge in [0.1, 0.15) is 0 Å². The number of aliphatic hydroxyl groups excluding tert-OH is 1. The maximum Gasteiger partial charge on any atom is 0.332 e. The zero-order valence-corrected chi connectivity index (χ0v) is 7.73. The molecule has 1 atom stereocenters. The minimum Gasteiger partial charge on any atom is -0.479 e. The van der Waals surface area contributed by atoms with Crippen LogP contribution in [0, 0.1) is 0 Å². The fourth-order valence-electron chi connectivity index (χ4n) is 1.17. The lowest BCUT2D eigenvalue weighted by atomic mass is 10.1. The summed E-state index contributed by atoms with van der Waals surface area (Å²) in [6.45, 7) is 0. The van der Waals surface area contributed by atoms with Crippen LogP contribution in [-0.4, -0.2) is 22.3 Å². The van der Waals surface area contributed by atoms with Crippen LogP contribution in [0.5, 0.6) is 0 Å². The van der Waals surface area contributed by atoms with E-state index in [1.807, 2.05) is 0 Å². The monoisotopic (exact) mass is 216 g/mol. The molecule has 0 fully saturated rings. The van der Waals surface area contributed by atoms with Gasteiger partial charge in [0.15, 0.2) is 6.10 Å². The molecule has 0 saturated carbocycles. The van der Waals surface area contributed by atoms with Crippen LogP contribution in [0.15, 0.2) is 24.3 Å². The topological polar surface area (TPSA) is 57.5 Å². The standard InChI is InChI=1S/C10H10F2O3/c11-9(12)7-3-1-2-6(4-7)5-8(13)10(14)15/h1-4,8-9,13H,5H2,(H,14,15). The zero-order valence-electron chi connectivity index (χ0n) is 7.73. The molecule has 0 bridgehead atoms. The summed E-state index contributed by atoms with van der Waals surface area (Å²) in [5.41, 5.74) is 0.202. The van der Waals surface area contributed by atoms with Gasteiger partial charge >= 0.3 is 5.97 Å². The molecule has 0 amide bonds. The summed E-state index contributed by atoms with van der Waals surface area (Å²) in [7, 11) is 0. The number of benzene rings is 1. The Morgan fingerprint density at radius 1 is 1.40 bits per heavy atom. The number of aliphatic hydroxyl groups is 1. The predicted octanol–water partition coefficient (Wildman–Crippen LogP) is 1.61. The molecule has 0 radical (unpaired) electrons. The van der Waals surface area contributed by atoms with Gasteiger partial charge in [-0.1, -0.05) is 24.3 Å². The van der Waals surface area contributed by atoms with E-state index in [0.717, 1.165) is 0 Å². The van der Waals surface area contributed by atoms with Crippen LogP contribution in [0.25, 0.3) is 0 Å². The number of carboxylic acids is 1. The van der Waals surface area contributed by atoms with Crippen LogP contribution in [0.2, 0.25) is 0 Å². The minimum atomic E-state index is -2.59. The average molecular weight is 216 g/mol. The van der Waals surface area contributed by atoms with Crippen molar-refractivity contribution < 1.29 is 23.8 Å². The fourth-order valence-corrected chi connectivity index (χ4v) is 1.17. The van der Waals surface area contributed by atoms with Crippen molar-refractivity contribution in [3.05, 3.63) is 35.4 Å². The molecule has 0 heterocycles. The number of hydrogen-bond donors (Lipinski definition) is 2. The fraction of sp³-hybridized carbons (Fsp3) is 0.300. The first-order valence-corrected chi connectivity index (χ1v) is 4.28. The number of carboxylic acid groups (broad SMARTS) is 1. The molecule has 0 aromatic heterocycles. The van der Waals surface area contributed by atoms with Gasteiger partial charge in [-0.25, -0.2) is 13.6 Å². The SMILES string of the molecule is O=C(O)C(O)Cc1cccc(C(F)F)c1. The Morgan fingerprint density at radius 3 is 2.60 bits per heavy atom. The third kappa shape index (κ3) is 3.28. The van der Waals surface area contributed by atoms with Gasteiger partial charge in [0, 0.05) is 12.0 Å². The van der Waals surface area contributed by atoms with E-state index in [-0.39, 0.29) is 12.0 Å². The highest BCUT2D eigenvalue weighted by molar-refractivity contribution is 5.72. The quantitative estimate of drug-likeness (QED) is 0.803. The van der Waals surface area contributed by atoms with E-state index in [1.165, 1.54) is 24.3 Å². The van der Waals surface area contributed by atoms with Crippen molar-refractivity contribution in [2.75, 3.05) is 0 Å². The normalized spacial score (nSPS) is 12.8. The van der Waals surface area contributed by atoms with Crippen LogP contribution in [0.4, 0.5) is 8.78 Å². The van der Waals surface area contributed by atoms with Crippen LogP contribution in [0.1, 0.15) is 17.6 Å².